The maximum absolute atomic E-state index is 12.0. The average Bonchev–Trinajstić information content (AvgIpc) is 2.68. The Hall–Kier alpha value is -1.84. The molecule has 2 heterocycles. The molecule has 0 atom stereocenters. The number of esters is 1. The molecule has 4 heteroatoms. The molecule has 0 saturated heterocycles. The molecule has 2 aromatic rings. The third kappa shape index (κ3) is 2.02. The lowest BCUT2D eigenvalue weighted by Gasteiger charge is -2.04. The number of carbonyl (C=O) groups excluding carboxylic acids is 1. The van der Waals surface area contributed by atoms with E-state index in [2.05, 4.69) is 5.10 Å². The Morgan fingerprint density at radius 2 is 2.24 bits per heavy atom. The SMILES string of the molecule is CCOC(=O)c1c(C(C)C)nn2ccccc12. The third-order valence-corrected chi connectivity index (χ3v) is 2.59. The number of hydrogen-bond acceptors (Lipinski definition) is 3. The van der Waals surface area contributed by atoms with Crippen LogP contribution < -0.4 is 0 Å². The normalized spacial score (nSPS) is 11.1. The van der Waals surface area contributed by atoms with Gasteiger partial charge in [-0.15, -0.1) is 0 Å². The van der Waals surface area contributed by atoms with Crippen LogP contribution in [0.15, 0.2) is 24.4 Å². The molecule has 0 spiro atoms. The van der Waals surface area contributed by atoms with E-state index < -0.39 is 0 Å². The summed E-state index contributed by atoms with van der Waals surface area (Å²) in [5, 5.41) is 4.43. The topological polar surface area (TPSA) is 43.6 Å². The van der Waals surface area contributed by atoms with Gasteiger partial charge in [0.25, 0.3) is 0 Å². The fraction of sp³-hybridized carbons (Fsp3) is 0.385. The van der Waals surface area contributed by atoms with E-state index in [1.165, 1.54) is 0 Å². The fourth-order valence-electron chi connectivity index (χ4n) is 1.83. The zero-order valence-corrected chi connectivity index (χ0v) is 10.3. The predicted octanol–water partition coefficient (Wildman–Crippen LogP) is 2.63. The molecule has 2 rings (SSSR count). The van der Waals surface area contributed by atoms with Gasteiger partial charge in [-0.3, -0.25) is 0 Å². The van der Waals surface area contributed by atoms with Gasteiger partial charge in [-0.25, -0.2) is 9.31 Å². The second kappa shape index (κ2) is 4.57. The van der Waals surface area contributed by atoms with Gasteiger partial charge in [0.2, 0.25) is 0 Å². The van der Waals surface area contributed by atoms with Crippen LogP contribution in [0.3, 0.4) is 0 Å². The van der Waals surface area contributed by atoms with Crippen molar-refractivity contribution in [2.24, 2.45) is 0 Å². The Morgan fingerprint density at radius 3 is 2.88 bits per heavy atom. The largest absolute Gasteiger partial charge is 0.462 e. The Kier molecular flexibility index (Phi) is 3.13. The summed E-state index contributed by atoms with van der Waals surface area (Å²) in [7, 11) is 0. The molecule has 0 fully saturated rings. The number of carbonyl (C=O) groups is 1. The summed E-state index contributed by atoms with van der Waals surface area (Å²) in [6.45, 7) is 6.22. The molecule has 2 aromatic heterocycles. The van der Waals surface area contributed by atoms with Crippen molar-refractivity contribution in [2.45, 2.75) is 26.7 Å². The maximum Gasteiger partial charge on any atom is 0.342 e. The van der Waals surface area contributed by atoms with Crippen molar-refractivity contribution in [3.63, 3.8) is 0 Å². The van der Waals surface area contributed by atoms with Gasteiger partial charge in [-0.05, 0) is 25.0 Å². The minimum Gasteiger partial charge on any atom is -0.462 e. The van der Waals surface area contributed by atoms with E-state index in [-0.39, 0.29) is 11.9 Å². The van der Waals surface area contributed by atoms with E-state index in [4.69, 9.17) is 4.74 Å². The van der Waals surface area contributed by atoms with Crippen LogP contribution in [0.2, 0.25) is 0 Å². The number of aromatic nitrogens is 2. The van der Waals surface area contributed by atoms with Crippen molar-refractivity contribution < 1.29 is 9.53 Å². The van der Waals surface area contributed by atoms with Crippen LogP contribution in [0.5, 0.6) is 0 Å². The predicted molar refractivity (Wildman–Crippen MR) is 65.2 cm³/mol. The molecular formula is C13H16N2O2. The van der Waals surface area contributed by atoms with Crippen molar-refractivity contribution in [1.82, 2.24) is 9.61 Å². The molecule has 0 aliphatic heterocycles. The van der Waals surface area contributed by atoms with Crippen LogP contribution in [0.1, 0.15) is 42.7 Å². The van der Waals surface area contributed by atoms with E-state index >= 15 is 0 Å². The first kappa shape index (κ1) is 11.6. The maximum atomic E-state index is 12.0. The Morgan fingerprint density at radius 1 is 1.47 bits per heavy atom. The number of hydrogen-bond donors (Lipinski definition) is 0. The summed E-state index contributed by atoms with van der Waals surface area (Å²) in [4.78, 5) is 12.0. The highest BCUT2D eigenvalue weighted by Crippen LogP contribution is 2.23. The van der Waals surface area contributed by atoms with Crippen LogP contribution in [-0.2, 0) is 4.74 Å². The van der Waals surface area contributed by atoms with Gasteiger partial charge in [-0.1, -0.05) is 19.9 Å². The summed E-state index contributed by atoms with van der Waals surface area (Å²) in [5.74, 6) is -0.105. The smallest absolute Gasteiger partial charge is 0.342 e. The molecule has 0 aliphatic rings. The highest BCUT2D eigenvalue weighted by Gasteiger charge is 2.22. The second-order valence-corrected chi connectivity index (χ2v) is 4.17. The van der Waals surface area contributed by atoms with E-state index in [0.717, 1.165) is 11.2 Å². The first-order valence-electron chi connectivity index (χ1n) is 5.79. The summed E-state index contributed by atoms with van der Waals surface area (Å²) < 4.78 is 6.82. The van der Waals surface area contributed by atoms with E-state index in [0.29, 0.717) is 12.2 Å². The first-order valence-corrected chi connectivity index (χ1v) is 5.79. The van der Waals surface area contributed by atoms with Gasteiger partial charge >= 0.3 is 5.97 Å². The Bertz CT molecular complexity index is 543. The molecule has 4 nitrogen and oxygen atoms in total. The zero-order chi connectivity index (χ0) is 12.4. The summed E-state index contributed by atoms with van der Waals surface area (Å²) >= 11 is 0. The third-order valence-electron chi connectivity index (χ3n) is 2.59. The first-order chi connectivity index (χ1) is 8.15. The lowest BCUT2D eigenvalue weighted by molar-refractivity contribution is 0.0527. The van der Waals surface area contributed by atoms with Crippen molar-refractivity contribution in [2.75, 3.05) is 6.61 Å². The number of pyridine rings is 1. The minimum atomic E-state index is -0.294. The number of nitrogens with zero attached hydrogens (tertiary/aromatic N) is 2. The lowest BCUT2D eigenvalue weighted by atomic mass is 10.0. The standard InChI is InChI=1S/C13H16N2O2/c1-4-17-13(16)11-10-7-5-6-8-15(10)14-12(11)9(2)3/h5-9H,4H2,1-3H3. The molecule has 0 amide bonds. The van der Waals surface area contributed by atoms with Crippen molar-refractivity contribution >= 4 is 11.5 Å². The van der Waals surface area contributed by atoms with E-state index in [9.17, 15) is 4.79 Å². The highest BCUT2D eigenvalue weighted by atomic mass is 16.5. The van der Waals surface area contributed by atoms with Gasteiger partial charge in [0.1, 0.15) is 5.56 Å². The van der Waals surface area contributed by atoms with Crippen LogP contribution >= 0.6 is 0 Å². The molecule has 17 heavy (non-hydrogen) atoms. The number of rotatable bonds is 3. The Labute approximate surface area is 100 Å². The summed E-state index contributed by atoms with van der Waals surface area (Å²) in [6.07, 6.45) is 1.84. The molecule has 90 valence electrons. The summed E-state index contributed by atoms with van der Waals surface area (Å²) in [6, 6.07) is 5.66. The van der Waals surface area contributed by atoms with Gasteiger partial charge in [0.15, 0.2) is 0 Å². The van der Waals surface area contributed by atoms with Crippen molar-refractivity contribution in [1.29, 1.82) is 0 Å². The highest BCUT2D eigenvalue weighted by molar-refractivity contribution is 5.98. The number of fused-ring (bicyclic) bond motifs is 1. The molecule has 0 unspecified atom stereocenters. The number of ether oxygens (including phenoxy) is 1. The van der Waals surface area contributed by atoms with Crippen LogP contribution in [0.4, 0.5) is 0 Å². The van der Waals surface area contributed by atoms with Gasteiger partial charge in [0.05, 0.1) is 17.8 Å². The van der Waals surface area contributed by atoms with Gasteiger partial charge < -0.3 is 4.74 Å². The van der Waals surface area contributed by atoms with Crippen LogP contribution in [0.25, 0.3) is 5.52 Å². The quantitative estimate of drug-likeness (QED) is 0.764. The minimum absolute atomic E-state index is 0.189. The van der Waals surface area contributed by atoms with Crippen molar-refractivity contribution in [3.8, 4) is 0 Å². The average molecular weight is 232 g/mol. The fourth-order valence-corrected chi connectivity index (χ4v) is 1.83. The molecule has 0 N–H and O–H groups in total. The second-order valence-electron chi connectivity index (χ2n) is 4.17. The van der Waals surface area contributed by atoms with Crippen molar-refractivity contribution in [3.05, 3.63) is 35.7 Å². The van der Waals surface area contributed by atoms with Crippen LogP contribution in [0, 0.1) is 0 Å². The molecule has 0 aromatic carbocycles. The molecule has 0 bridgehead atoms. The van der Waals surface area contributed by atoms with Crippen LogP contribution in [-0.4, -0.2) is 22.2 Å². The van der Waals surface area contributed by atoms with Gasteiger partial charge in [-0.2, -0.15) is 5.10 Å². The molecule has 0 aliphatic carbocycles. The lowest BCUT2D eigenvalue weighted by Crippen LogP contribution is -2.07. The van der Waals surface area contributed by atoms with E-state index in [1.807, 2.05) is 38.2 Å². The van der Waals surface area contributed by atoms with E-state index in [1.54, 1.807) is 11.4 Å². The van der Waals surface area contributed by atoms with Gasteiger partial charge in [0, 0.05) is 6.20 Å². The molecular weight excluding hydrogens is 216 g/mol. The molecule has 0 radical (unpaired) electrons. The Balaban J connectivity index is 2.63. The zero-order valence-electron chi connectivity index (χ0n) is 10.3. The monoisotopic (exact) mass is 232 g/mol. The summed E-state index contributed by atoms with van der Waals surface area (Å²) in [5.41, 5.74) is 2.17. The molecule has 0 saturated carbocycles.